The lowest BCUT2D eigenvalue weighted by Gasteiger charge is -2.30. The maximum Gasteiger partial charge on any atom is 0.0628 e. The fourth-order valence-electron chi connectivity index (χ4n) is 3.00. The van der Waals surface area contributed by atoms with Crippen molar-refractivity contribution in [1.82, 2.24) is 15.1 Å². The normalized spacial score (nSPS) is 24.0. The minimum Gasteiger partial charge on any atom is -0.381 e. The quantitative estimate of drug-likeness (QED) is 0.858. The zero-order valence-electron chi connectivity index (χ0n) is 12.4. The summed E-state index contributed by atoms with van der Waals surface area (Å²) in [6, 6.07) is 3.27. The second-order valence-electron chi connectivity index (χ2n) is 5.48. The molecule has 0 bridgehead atoms. The van der Waals surface area contributed by atoms with Gasteiger partial charge in [-0.3, -0.25) is 4.68 Å². The van der Waals surface area contributed by atoms with E-state index < -0.39 is 0 Å². The summed E-state index contributed by atoms with van der Waals surface area (Å²) in [6.45, 7) is 6.18. The van der Waals surface area contributed by atoms with E-state index in [2.05, 4.69) is 36.1 Å². The first-order valence-electron chi connectivity index (χ1n) is 7.57. The Morgan fingerprint density at radius 2 is 2.26 bits per heavy atom. The van der Waals surface area contributed by atoms with E-state index in [4.69, 9.17) is 9.84 Å². The predicted octanol–water partition coefficient (Wildman–Crippen LogP) is 2.41. The smallest absolute Gasteiger partial charge is 0.0628 e. The van der Waals surface area contributed by atoms with Crippen LogP contribution < -0.4 is 5.32 Å². The molecule has 0 amide bonds. The van der Waals surface area contributed by atoms with E-state index in [0.717, 1.165) is 38.9 Å². The molecule has 1 fully saturated rings. The van der Waals surface area contributed by atoms with Crippen LogP contribution in [0.1, 0.15) is 44.8 Å². The molecule has 2 unspecified atom stereocenters. The monoisotopic (exact) mass is 265 g/mol. The van der Waals surface area contributed by atoms with Crippen LogP contribution in [0.15, 0.2) is 12.3 Å². The summed E-state index contributed by atoms with van der Waals surface area (Å²) in [5.41, 5.74) is 1.20. The molecule has 108 valence electrons. The highest BCUT2D eigenvalue weighted by molar-refractivity contribution is 5.03. The van der Waals surface area contributed by atoms with Crippen molar-refractivity contribution in [2.75, 3.05) is 20.3 Å². The Labute approximate surface area is 116 Å². The van der Waals surface area contributed by atoms with Crippen LogP contribution in [0.25, 0.3) is 0 Å². The van der Waals surface area contributed by atoms with E-state index in [1.165, 1.54) is 5.69 Å². The Kier molecular flexibility index (Phi) is 5.40. The standard InChI is InChI=1S/C15H27N3O/c1-4-14(5-2)18-8-6-13(17-18)10-12-11-19-9-7-15(12)16-3/h6,8,12,14-16H,4-5,7,9-11H2,1-3H3. The van der Waals surface area contributed by atoms with Crippen LogP contribution in [0, 0.1) is 5.92 Å². The number of hydrogen-bond donors (Lipinski definition) is 1. The van der Waals surface area contributed by atoms with Gasteiger partial charge in [-0.15, -0.1) is 0 Å². The predicted molar refractivity (Wildman–Crippen MR) is 77.3 cm³/mol. The lowest BCUT2D eigenvalue weighted by Crippen LogP contribution is -2.42. The van der Waals surface area contributed by atoms with Crippen molar-refractivity contribution >= 4 is 0 Å². The van der Waals surface area contributed by atoms with Crippen LogP contribution in [-0.2, 0) is 11.2 Å². The number of rotatable bonds is 6. The van der Waals surface area contributed by atoms with E-state index in [9.17, 15) is 0 Å². The molecule has 1 saturated heterocycles. The number of nitrogens with zero attached hydrogens (tertiary/aromatic N) is 2. The fourth-order valence-corrected chi connectivity index (χ4v) is 3.00. The summed E-state index contributed by atoms with van der Waals surface area (Å²) in [6.07, 6.45) is 6.53. The summed E-state index contributed by atoms with van der Waals surface area (Å²) in [5, 5.41) is 8.16. The summed E-state index contributed by atoms with van der Waals surface area (Å²) >= 11 is 0. The minimum atomic E-state index is 0.538. The molecule has 0 saturated carbocycles. The third kappa shape index (κ3) is 3.57. The number of hydrogen-bond acceptors (Lipinski definition) is 3. The van der Waals surface area contributed by atoms with E-state index in [0.29, 0.717) is 18.0 Å². The zero-order chi connectivity index (χ0) is 13.7. The molecule has 0 radical (unpaired) electrons. The first-order chi connectivity index (χ1) is 9.28. The number of ether oxygens (including phenoxy) is 1. The highest BCUT2D eigenvalue weighted by Gasteiger charge is 2.25. The molecule has 4 heteroatoms. The van der Waals surface area contributed by atoms with Crippen LogP contribution in [0.3, 0.4) is 0 Å². The molecule has 4 nitrogen and oxygen atoms in total. The SMILES string of the molecule is CCC(CC)n1ccc(CC2COCCC2NC)n1. The van der Waals surface area contributed by atoms with Gasteiger partial charge >= 0.3 is 0 Å². The molecule has 2 rings (SSSR count). The highest BCUT2D eigenvalue weighted by Crippen LogP contribution is 2.20. The van der Waals surface area contributed by atoms with Crippen molar-refractivity contribution in [2.24, 2.45) is 5.92 Å². The van der Waals surface area contributed by atoms with Gasteiger partial charge in [0.2, 0.25) is 0 Å². The van der Waals surface area contributed by atoms with Gasteiger partial charge in [0.1, 0.15) is 0 Å². The van der Waals surface area contributed by atoms with Crippen LogP contribution in [-0.4, -0.2) is 36.1 Å². The van der Waals surface area contributed by atoms with E-state index >= 15 is 0 Å². The van der Waals surface area contributed by atoms with E-state index in [1.807, 2.05) is 7.05 Å². The molecule has 1 aromatic rings. The van der Waals surface area contributed by atoms with Gasteiger partial charge in [0.25, 0.3) is 0 Å². The van der Waals surface area contributed by atoms with Crippen LogP contribution in [0.5, 0.6) is 0 Å². The summed E-state index contributed by atoms with van der Waals surface area (Å²) in [7, 11) is 2.05. The highest BCUT2D eigenvalue weighted by atomic mass is 16.5. The van der Waals surface area contributed by atoms with Gasteiger partial charge in [-0.05, 0) is 38.8 Å². The van der Waals surface area contributed by atoms with Crippen molar-refractivity contribution in [1.29, 1.82) is 0 Å². The lowest BCUT2D eigenvalue weighted by atomic mass is 9.91. The van der Waals surface area contributed by atoms with Crippen molar-refractivity contribution in [3.63, 3.8) is 0 Å². The molecule has 1 aromatic heterocycles. The fraction of sp³-hybridized carbons (Fsp3) is 0.800. The van der Waals surface area contributed by atoms with Crippen molar-refractivity contribution in [3.05, 3.63) is 18.0 Å². The average Bonchev–Trinajstić information content (AvgIpc) is 2.89. The van der Waals surface area contributed by atoms with Gasteiger partial charge < -0.3 is 10.1 Å². The lowest BCUT2D eigenvalue weighted by molar-refractivity contribution is 0.0338. The molecule has 1 aliphatic rings. The molecule has 1 aliphatic heterocycles. The third-order valence-corrected chi connectivity index (χ3v) is 4.30. The third-order valence-electron chi connectivity index (χ3n) is 4.30. The Hall–Kier alpha value is -0.870. The molecular weight excluding hydrogens is 238 g/mol. The molecule has 0 aromatic carbocycles. The summed E-state index contributed by atoms with van der Waals surface area (Å²) in [4.78, 5) is 0. The van der Waals surface area contributed by atoms with Crippen LogP contribution in [0.2, 0.25) is 0 Å². The molecule has 0 spiro atoms. The van der Waals surface area contributed by atoms with Crippen molar-refractivity contribution < 1.29 is 4.74 Å². The van der Waals surface area contributed by atoms with E-state index in [1.54, 1.807) is 0 Å². The largest absolute Gasteiger partial charge is 0.381 e. The van der Waals surface area contributed by atoms with Crippen molar-refractivity contribution in [3.8, 4) is 0 Å². The summed E-state index contributed by atoms with van der Waals surface area (Å²) < 4.78 is 7.74. The Morgan fingerprint density at radius 3 is 2.95 bits per heavy atom. The number of aromatic nitrogens is 2. The molecule has 1 N–H and O–H groups in total. The molecule has 19 heavy (non-hydrogen) atoms. The maximum atomic E-state index is 5.61. The first-order valence-corrected chi connectivity index (χ1v) is 7.57. The Bertz CT molecular complexity index is 373. The van der Waals surface area contributed by atoms with Gasteiger partial charge in [0, 0.05) is 24.8 Å². The minimum absolute atomic E-state index is 0.538. The number of nitrogens with one attached hydrogen (secondary N) is 1. The van der Waals surface area contributed by atoms with Gasteiger partial charge in [-0.1, -0.05) is 13.8 Å². The molecular formula is C15H27N3O. The second-order valence-corrected chi connectivity index (χ2v) is 5.48. The van der Waals surface area contributed by atoms with Crippen molar-refractivity contribution in [2.45, 2.75) is 51.6 Å². The van der Waals surface area contributed by atoms with E-state index in [-0.39, 0.29) is 0 Å². The van der Waals surface area contributed by atoms with Crippen LogP contribution in [0.4, 0.5) is 0 Å². The maximum absolute atomic E-state index is 5.61. The van der Waals surface area contributed by atoms with Gasteiger partial charge in [-0.2, -0.15) is 5.10 Å². The van der Waals surface area contributed by atoms with Gasteiger partial charge in [-0.25, -0.2) is 0 Å². The van der Waals surface area contributed by atoms with Crippen LogP contribution >= 0.6 is 0 Å². The first kappa shape index (κ1) is 14.5. The Balaban J connectivity index is 1.98. The average molecular weight is 265 g/mol. The topological polar surface area (TPSA) is 39.1 Å². The summed E-state index contributed by atoms with van der Waals surface area (Å²) in [5.74, 6) is 0.545. The Morgan fingerprint density at radius 1 is 1.47 bits per heavy atom. The van der Waals surface area contributed by atoms with Gasteiger partial charge in [0.15, 0.2) is 0 Å². The molecule has 0 aliphatic carbocycles. The molecule has 2 atom stereocenters. The second kappa shape index (κ2) is 7.06. The van der Waals surface area contributed by atoms with Gasteiger partial charge in [0.05, 0.1) is 18.3 Å². The zero-order valence-corrected chi connectivity index (χ0v) is 12.4. The molecule has 2 heterocycles.